The van der Waals surface area contributed by atoms with E-state index in [2.05, 4.69) is 22.3 Å². The van der Waals surface area contributed by atoms with Crippen LogP contribution in [0.2, 0.25) is 0 Å². The summed E-state index contributed by atoms with van der Waals surface area (Å²) in [5.41, 5.74) is 0.899. The first-order valence-electron chi connectivity index (χ1n) is 5.91. The second kappa shape index (κ2) is 3.77. The van der Waals surface area contributed by atoms with Gasteiger partial charge in [0.05, 0.1) is 0 Å². The zero-order chi connectivity index (χ0) is 11.0. The Hall–Kier alpha value is -1.58. The quantitative estimate of drug-likeness (QED) is 0.837. The van der Waals surface area contributed by atoms with Crippen LogP contribution in [0.25, 0.3) is 5.65 Å². The number of anilines is 1. The fourth-order valence-electron chi connectivity index (χ4n) is 2.42. The minimum atomic E-state index is 0.539. The molecule has 0 saturated heterocycles. The summed E-state index contributed by atoms with van der Waals surface area (Å²) in [6.45, 7) is 2.29. The summed E-state index contributed by atoms with van der Waals surface area (Å²) in [6, 6.07) is 6.45. The SMILES string of the molecule is CC1CCCC1Nc1nc2ccccn2n1. The van der Waals surface area contributed by atoms with Crippen molar-refractivity contribution in [3.05, 3.63) is 24.4 Å². The van der Waals surface area contributed by atoms with Gasteiger partial charge in [-0.25, -0.2) is 4.52 Å². The van der Waals surface area contributed by atoms with Crippen LogP contribution in [0, 0.1) is 5.92 Å². The van der Waals surface area contributed by atoms with Gasteiger partial charge in [-0.2, -0.15) is 4.98 Å². The molecule has 2 aromatic heterocycles. The number of hydrogen-bond donors (Lipinski definition) is 1. The van der Waals surface area contributed by atoms with Crippen LogP contribution in [0.5, 0.6) is 0 Å². The van der Waals surface area contributed by atoms with E-state index in [4.69, 9.17) is 0 Å². The topological polar surface area (TPSA) is 42.2 Å². The van der Waals surface area contributed by atoms with Gasteiger partial charge in [0.2, 0.25) is 5.95 Å². The lowest BCUT2D eigenvalue weighted by molar-refractivity contribution is 0.553. The smallest absolute Gasteiger partial charge is 0.243 e. The maximum Gasteiger partial charge on any atom is 0.243 e. The van der Waals surface area contributed by atoms with E-state index in [1.165, 1.54) is 19.3 Å². The highest BCUT2D eigenvalue weighted by molar-refractivity contribution is 5.43. The van der Waals surface area contributed by atoms with Gasteiger partial charge in [0, 0.05) is 12.2 Å². The summed E-state index contributed by atoms with van der Waals surface area (Å²) in [4.78, 5) is 4.45. The fourth-order valence-corrected chi connectivity index (χ4v) is 2.42. The van der Waals surface area contributed by atoms with E-state index in [9.17, 15) is 0 Å². The molecule has 4 heteroatoms. The Morgan fingerprint density at radius 1 is 1.38 bits per heavy atom. The molecule has 2 atom stereocenters. The summed E-state index contributed by atoms with van der Waals surface area (Å²) in [5, 5.41) is 7.84. The summed E-state index contributed by atoms with van der Waals surface area (Å²) < 4.78 is 1.81. The van der Waals surface area contributed by atoms with Crippen molar-refractivity contribution in [3.63, 3.8) is 0 Å². The van der Waals surface area contributed by atoms with Crippen LogP contribution >= 0.6 is 0 Å². The predicted octanol–water partition coefficient (Wildman–Crippen LogP) is 2.33. The van der Waals surface area contributed by atoms with Gasteiger partial charge >= 0.3 is 0 Å². The molecule has 2 aromatic rings. The van der Waals surface area contributed by atoms with E-state index in [1.807, 2.05) is 28.9 Å². The van der Waals surface area contributed by atoms with Crippen molar-refractivity contribution in [2.75, 3.05) is 5.32 Å². The van der Waals surface area contributed by atoms with Crippen LogP contribution in [0.4, 0.5) is 5.95 Å². The first-order chi connectivity index (χ1) is 7.83. The highest BCUT2D eigenvalue weighted by Crippen LogP contribution is 2.27. The normalized spacial score (nSPS) is 25.1. The fraction of sp³-hybridized carbons (Fsp3) is 0.500. The summed E-state index contributed by atoms with van der Waals surface area (Å²) in [7, 11) is 0. The van der Waals surface area contributed by atoms with Crippen molar-refractivity contribution in [1.82, 2.24) is 14.6 Å². The maximum atomic E-state index is 4.45. The first-order valence-corrected chi connectivity index (χ1v) is 5.91. The number of hydrogen-bond acceptors (Lipinski definition) is 3. The van der Waals surface area contributed by atoms with E-state index >= 15 is 0 Å². The van der Waals surface area contributed by atoms with Gasteiger partial charge in [-0.1, -0.05) is 19.4 Å². The molecule has 0 spiro atoms. The van der Waals surface area contributed by atoms with Gasteiger partial charge in [0.25, 0.3) is 0 Å². The summed E-state index contributed by atoms with van der Waals surface area (Å²) in [5.74, 6) is 1.48. The van der Waals surface area contributed by atoms with Crippen molar-refractivity contribution in [2.24, 2.45) is 5.92 Å². The Bertz CT molecular complexity index is 457. The van der Waals surface area contributed by atoms with Crippen LogP contribution in [-0.2, 0) is 0 Å². The van der Waals surface area contributed by atoms with E-state index in [0.29, 0.717) is 6.04 Å². The number of pyridine rings is 1. The molecule has 84 valence electrons. The minimum Gasteiger partial charge on any atom is -0.350 e. The molecule has 16 heavy (non-hydrogen) atoms. The van der Waals surface area contributed by atoms with Crippen molar-refractivity contribution in [3.8, 4) is 0 Å². The first kappa shape index (κ1) is 9.63. The van der Waals surface area contributed by atoms with Crippen LogP contribution in [0.15, 0.2) is 24.4 Å². The average molecular weight is 216 g/mol. The number of aromatic nitrogens is 3. The summed E-state index contributed by atoms with van der Waals surface area (Å²) in [6.07, 6.45) is 5.78. The molecule has 4 nitrogen and oxygen atoms in total. The van der Waals surface area contributed by atoms with Crippen LogP contribution < -0.4 is 5.32 Å². The predicted molar refractivity (Wildman–Crippen MR) is 63.4 cm³/mol. The molecule has 3 rings (SSSR count). The molecule has 1 fully saturated rings. The molecule has 0 aromatic carbocycles. The van der Waals surface area contributed by atoms with Crippen LogP contribution in [0.1, 0.15) is 26.2 Å². The van der Waals surface area contributed by atoms with Gasteiger partial charge in [-0.05, 0) is 30.9 Å². The number of rotatable bonds is 2. The number of nitrogens with one attached hydrogen (secondary N) is 1. The molecule has 1 aliphatic rings. The lowest BCUT2D eigenvalue weighted by Gasteiger charge is -2.15. The Labute approximate surface area is 94.7 Å². The number of fused-ring (bicyclic) bond motifs is 1. The molecular formula is C12H16N4. The summed E-state index contributed by atoms with van der Waals surface area (Å²) >= 11 is 0. The zero-order valence-electron chi connectivity index (χ0n) is 9.43. The Kier molecular flexibility index (Phi) is 2.27. The largest absolute Gasteiger partial charge is 0.350 e. The third-order valence-corrected chi connectivity index (χ3v) is 3.42. The Balaban J connectivity index is 1.83. The van der Waals surface area contributed by atoms with Crippen molar-refractivity contribution in [2.45, 2.75) is 32.2 Å². The third kappa shape index (κ3) is 1.64. The average Bonchev–Trinajstić information content (AvgIpc) is 2.85. The minimum absolute atomic E-state index is 0.539. The van der Waals surface area contributed by atoms with Gasteiger partial charge in [-0.15, -0.1) is 5.10 Å². The lowest BCUT2D eigenvalue weighted by Crippen LogP contribution is -2.22. The third-order valence-electron chi connectivity index (χ3n) is 3.42. The molecular weight excluding hydrogens is 200 g/mol. The van der Waals surface area contributed by atoms with Gasteiger partial charge < -0.3 is 5.32 Å². The van der Waals surface area contributed by atoms with Crippen molar-refractivity contribution < 1.29 is 0 Å². The highest BCUT2D eigenvalue weighted by atomic mass is 15.3. The molecule has 0 amide bonds. The van der Waals surface area contributed by atoms with Gasteiger partial charge in [0.15, 0.2) is 5.65 Å². The lowest BCUT2D eigenvalue weighted by atomic mass is 10.1. The second-order valence-corrected chi connectivity index (χ2v) is 4.60. The monoisotopic (exact) mass is 216 g/mol. The maximum absolute atomic E-state index is 4.45. The van der Waals surface area contributed by atoms with Gasteiger partial charge in [0.1, 0.15) is 0 Å². The Morgan fingerprint density at radius 2 is 2.31 bits per heavy atom. The molecule has 0 bridgehead atoms. The van der Waals surface area contributed by atoms with Crippen LogP contribution in [0.3, 0.4) is 0 Å². The standard InChI is InChI=1S/C12H16N4/c1-9-5-4-6-10(9)13-12-14-11-7-2-3-8-16(11)15-12/h2-3,7-10H,4-6H2,1H3,(H,13,15). The van der Waals surface area contributed by atoms with Gasteiger partial charge in [-0.3, -0.25) is 0 Å². The molecule has 0 aliphatic heterocycles. The molecule has 2 unspecified atom stereocenters. The second-order valence-electron chi connectivity index (χ2n) is 4.60. The highest BCUT2D eigenvalue weighted by Gasteiger charge is 2.24. The molecule has 1 aliphatic carbocycles. The van der Waals surface area contributed by atoms with E-state index in [-0.39, 0.29) is 0 Å². The van der Waals surface area contributed by atoms with E-state index in [0.717, 1.165) is 17.5 Å². The van der Waals surface area contributed by atoms with Crippen molar-refractivity contribution in [1.29, 1.82) is 0 Å². The van der Waals surface area contributed by atoms with Crippen LogP contribution in [-0.4, -0.2) is 20.6 Å². The number of nitrogens with zero attached hydrogens (tertiary/aromatic N) is 3. The van der Waals surface area contributed by atoms with E-state index in [1.54, 1.807) is 0 Å². The molecule has 0 radical (unpaired) electrons. The molecule has 2 heterocycles. The zero-order valence-corrected chi connectivity index (χ0v) is 9.43. The van der Waals surface area contributed by atoms with E-state index < -0.39 is 0 Å². The Morgan fingerprint density at radius 3 is 3.06 bits per heavy atom. The molecule has 1 saturated carbocycles. The molecule has 1 N–H and O–H groups in total. The van der Waals surface area contributed by atoms with Crippen molar-refractivity contribution >= 4 is 11.6 Å².